The van der Waals surface area contributed by atoms with Crippen molar-refractivity contribution in [1.82, 2.24) is 9.80 Å². The number of likely N-dealkylation sites (tertiary alicyclic amines) is 1. The highest BCUT2D eigenvalue weighted by Crippen LogP contribution is 2.08. The summed E-state index contributed by atoms with van der Waals surface area (Å²) in [5.41, 5.74) is 0. The van der Waals surface area contributed by atoms with Gasteiger partial charge in [0.2, 0.25) is 5.91 Å². The maximum Gasteiger partial charge on any atom is 0.236 e. The minimum absolute atomic E-state index is 0.273. The summed E-state index contributed by atoms with van der Waals surface area (Å²) in [6, 6.07) is 0. The first-order valence-corrected chi connectivity index (χ1v) is 5.44. The average Bonchev–Trinajstić information content (AvgIpc) is 2.72. The van der Waals surface area contributed by atoms with Crippen LogP contribution in [0.1, 0.15) is 12.8 Å². The number of hydrogen-bond acceptors (Lipinski definition) is 3. The third-order valence-electron chi connectivity index (χ3n) is 2.92. The van der Waals surface area contributed by atoms with Gasteiger partial charge in [0.25, 0.3) is 0 Å². The summed E-state index contributed by atoms with van der Waals surface area (Å²) in [5, 5.41) is 0. The Balaban J connectivity index is 1.75. The second-order valence-electron chi connectivity index (χ2n) is 3.98. The number of carbonyl (C=O) groups excluding carboxylic acids is 1. The summed E-state index contributed by atoms with van der Waals surface area (Å²) in [7, 11) is 0. The number of carbonyl (C=O) groups is 1. The molecule has 0 aromatic rings. The van der Waals surface area contributed by atoms with Crippen LogP contribution < -0.4 is 0 Å². The Hall–Kier alpha value is -0.610. The first-order chi connectivity index (χ1) is 6.86. The van der Waals surface area contributed by atoms with Gasteiger partial charge in [0, 0.05) is 13.1 Å². The Bertz CT molecular complexity index is 196. The molecule has 14 heavy (non-hydrogen) atoms. The van der Waals surface area contributed by atoms with Gasteiger partial charge in [-0.25, -0.2) is 0 Å². The molecule has 0 aliphatic carbocycles. The number of ether oxygens (including phenoxy) is 1. The maximum absolute atomic E-state index is 11.8. The van der Waals surface area contributed by atoms with Crippen LogP contribution in [0.2, 0.25) is 0 Å². The van der Waals surface area contributed by atoms with Gasteiger partial charge in [0.1, 0.15) is 0 Å². The molecule has 4 heteroatoms. The topological polar surface area (TPSA) is 32.8 Å². The van der Waals surface area contributed by atoms with Gasteiger partial charge in [0.15, 0.2) is 0 Å². The molecule has 2 fully saturated rings. The molecule has 0 N–H and O–H groups in total. The van der Waals surface area contributed by atoms with Crippen LogP contribution in [-0.2, 0) is 9.53 Å². The van der Waals surface area contributed by atoms with Crippen molar-refractivity contribution in [2.75, 3.05) is 45.9 Å². The first kappa shape index (κ1) is 9.93. The van der Waals surface area contributed by atoms with Crippen LogP contribution in [0, 0.1) is 0 Å². The Kier molecular flexibility index (Phi) is 3.37. The van der Waals surface area contributed by atoms with Gasteiger partial charge in [0.05, 0.1) is 19.8 Å². The molecule has 0 unspecified atom stereocenters. The molecule has 2 saturated heterocycles. The third-order valence-corrected chi connectivity index (χ3v) is 2.92. The van der Waals surface area contributed by atoms with Gasteiger partial charge in [-0.2, -0.15) is 0 Å². The van der Waals surface area contributed by atoms with Crippen LogP contribution in [0.25, 0.3) is 0 Å². The van der Waals surface area contributed by atoms with Crippen molar-refractivity contribution >= 4 is 5.91 Å². The molecule has 0 aromatic heterocycles. The molecule has 1 amide bonds. The van der Waals surface area contributed by atoms with Gasteiger partial charge >= 0.3 is 0 Å². The molecule has 0 bridgehead atoms. The van der Waals surface area contributed by atoms with Gasteiger partial charge in [-0.15, -0.1) is 0 Å². The first-order valence-electron chi connectivity index (χ1n) is 5.44. The molecule has 2 rings (SSSR count). The van der Waals surface area contributed by atoms with Gasteiger partial charge in [-0.3, -0.25) is 9.69 Å². The van der Waals surface area contributed by atoms with E-state index in [0.717, 1.165) is 26.2 Å². The van der Waals surface area contributed by atoms with Crippen molar-refractivity contribution in [2.45, 2.75) is 12.8 Å². The Morgan fingerprint density at radius 2 is 1.71 bits per heavy atom. The largest absolute Gasteiger partial charge is 0.378 e. The van der Waals surface area contributed by atoms with Crippen LogP contribution in [0.4, 0.5) is 0 Å². The van der Waals surface area contributed by atoms with E-state index in [1.807, 2.05) is 4.90 Å². The highest BCUT2D eigenvalue weighted by Gasteiger charge is 2.20. The van der Waals surface area contributed by atoms with Crippen molar-refractivity contribution in [3.05, 3.63) is 0 Å². The zero-order valence-corrected chi connectivity index (χ0v) is 8.57. The second-order valence-corrected chi connectivity index (χ2v) is 3.98. The van der Waals surface area contributed by atoms with E-state index in [0.29, 0.717) is 19.8 Å². The van der Waals surface area contributed by atoms with E-state index in [1.165, 1.54) is 12.8 Å². The highest BCUT2D eigenvalue weighted by atomic mass is 16.5. The number of nitrogens with zero attached hydrogens (tertiary/aromatic N) is 2. The van der Waals surface area contributed by atoms with Crippen molar-refractivity contribution in [3.63, 3.8) is 0 Å². The number of hydrogen-bond donors (Lipinski definition) is 0. The SMILES string of the molecule is O=C(CN1CCCC1)N1CCOCC1. The molecular formula is C10H18N2O2. The molecule has 0 radical (unpaired) electrons. The summed E-state index contributed by atoms with van der Waals surface area (Å²) in [4.78, 5) is 15.9. The molecule has 80 valence electrons. The summed E-state index contributed by atoms with van der Waals surface area (Å²) >= 11 is 0. The maximum atomic E-state index is 11.8. The number of amides is 1. The molecule has 4 nitrogen and oxygen atoms in total. The summed E-state index contributed by atoms with van der Waals surface area (Å²) < 4.78 is 5.21. The van der Waals surface area contributed by atoms with Crippen LogP contribution in [-0.4, -0.2) is 61.6 Å². The van der Waals surface area contributed by atoms with Crippen molar-refractivity contribution in [2.24, 2.45) is 0 Å². The number of rotatable bonds is 2. The Labute approximate surface area is 84.8 Å². The molecule has 2 aliphatic heterocycles. The predicted molar refractivity (Wildman–Crippen MR) is 53.1 cm³/mol. The van der Waals surface area contributed by atoms with Crippen molar-refractivity contribution in [3.8, 4) is 0 Å². The number of morpholine rings is 1. The lowest BCUT2D eigenvalue weighted by Gasteiger charge is -2.28. The van der Waals surface area contributed by atoms with Crippen LogP contribution >= 0.6 is 0 Å². The second kappa shape index (κ2) is 4.75. The van der Waals surface area contributed by atoms with E-state index >= 15 is 0 Å². The van der Waals surface area contributed by atoms with Gasteiger partial charge < -0.3 is 9.64 Å². The normalized spacial score (nSPS) is 24.1. The Morgan fingerprint density at radius 3 is 2.36 bits per heavy atom. The van der Waals surface area contributed by atoms with Gasteiger partial charge in [-0.05, 0) is 25.9 Å². The molecule has 2 aliphatic rings. The Morgan fingerprint density at radius 1 is 1.07 bits per heavy atom. The molecule has 0 atom stereocenters. The molecule has 0 aromatic carbocycles. The quantitative estimate of drug-likeness (QED) is 0.623. The molecule has 2 heterocycles. The monoisotopic (exact) mass is 198 g/mol. The van der Waals surface area contributed by atoms with E-state index in [-0.39, 0.29) is 5.91 Å². The lowest BCUT2D eigenvalue weighted by atomic mass is 10.4. The van der Waals surface area contributed by atoms with Crippen LogP contribution in [0.15, 0.2) is 0 Å². The van der Waals surface area contributed by atoms with E-state index < -0.39 is 0 Å². The summed E-state index contributed by atoms with van der Waals surface area (Å²) in [5.74, 6) is 0.273. The fourth-order valence-electron chi connectivity index (χ4n) is 2.04. The standard InChI is InChI=1S/C10H18N2O2/c13-10(9-11-3-1-2-4-11)12-5-7-14-8-6-12/h1-9H2. The van der Waals surface area contributed by atoms with Crippen molar-refractivity contribution in [1.29, 1.82) is 0 Å². The van der Waals surface area contributed by atoms with Crippen LogP contribution in [0.5, 0.6) is 0 Å². The zero-order chi connectivity index (χ0) is 9.80. The van der Waals surface area contributed by atoms with Gasteiger partial charge in [-0.1, -0.05) is 0 Å². The van der Waals surface area contributed by atoms with Crippen molar-refractivity contribution < 1.29 is 9.53 Å². The van der Waals surface area contributed by atoms with Crippen LogP contribution in [0.3, 0.4) is 0 Å². The minimum Gasteiger partial charge on any atom is -0.378 e. The van der Waals surface area contributed by atoms with E-state index in [1.54, 1.807) is 0 Å². The third kappa shape index (κ3) is 2.45. The fraction of sp³-hybridized carbons (Fsp3) is 0.900. The average molecular weight is 198 g/mol. The molecular weight excluding hydrogens is 180 g/mol. The summed E-state index contributed by atoms with van der Waals surface area (Å²) in [6.07, 6.45) is 2.49. The van der Waals surface area contributed by atoms with E-state index in [9.17, 15) is 4.79 Å². The minimum atomic E-state index is 0.273. The smallest absolute Gasteiger partial charge is 0.236 e. The van der Waals surface area contributed by atoms with E-state index in [4.69, 9.17) is 4.74 Å². The van der Waals surface area contributed by atoms with E-state index in [2.05, 4.69) is 4.90 Å². The predicted octanol–water partition coefficient (Wildman–Crippen LogP) is -0.0590. The highest BCUT2D eigenvalue weighted by molar-refractivity contribution is 5.78. The molecule has 0 saturated carbocycles. The molecule has 0 spiro atoms. The zero-order valence-electron chi connectivity index (χ0n) is 8.57. The lowest BCUT2D eigenvalue weighted by molar-refractivity contribution is -0.136. The fourth-order valence-corrected chi connectivity index (χ4v) is 2.04. The summed E-state index contributed by atoms with van der Waals surface area (Å²) in [6.45, 7) is 5.74. The lowest BCUT2D eigenvalue weighted by Crippen LogP contribution is -2.45.